The van der Waals surface area contributed by atoms with Crippen LogP contribution in [0.5, 0.6) is 0 Å². The van der Waals surface area contributed by atoms with Crippen molar-refractivity contribution in [3.63, 3.8) is 0 Å². The highest BCUT2D eigenvalue weighted by atomic mass is 16.7. The third-order valence-electron chi connectivity index (χ3n) is 3.88. The van der Waals surface area contributed by atoms with E-state index in [-0.39, 0.29) is 31.3 Å². The summed E-state index contributed by atoms with van der Waals surface area (Å²) in [6, 6.07) is 0. The Hall–Kier alpha value is -1.96. The molecule has 0 atom stereocenters. The zero-order valence-electron chi connectivity index (χ0n) is 14.4. The second-order valence-corrected chi connectivity index (χ2v) is 7.13. The average Bonchev–Trinajstić information content (AvgIpc) is 2.77. The van der Waals surface area contributed by atoms with Crippen LogP contribution < -0.4 is 0 Å². The molecule has 0 N–H and O–H groups in total. The van der Waals surface area contributed by atoms with E-state index in [0.717, 1.165) is 0 Å². The van der Waals surface area contributed by atoms with Gasteiger partial charge >= 0.3 is 11.9 Å². The summed E-state index contributed by atoms with van der Waals surface area (Å²) in [5.41, 5.74) is -0.520. The normalized spacial score (nSPS) is 20.4. The van der Waals surface area contributed by atoms with Crippen molar-refractivity contribution >= 4 is 23.8 Å². The van der Waals surface area contributed by atoms with Gasteiger partial charge in [0.1, 0.15) is 5.60 Å². The van der Waals surface area contributed by atoms with Crippen molar-refractivity contribution < 1.29 is 28.8 Å². The van der Waals surface area contributed by atoms with Crippen molar-refractivity contribution in [1.82, 2.24) is 9.96 Å². The van der Waals surface area contributed by atoms with Crippen LogP contribution in [0.1, 0.15) is 46.5 Å². The summed E-state index contributed by atoms with van der Waals surface area (Å²) in [4.78, 5) is 53.7. The van der Waals surface area contributed by atoms with Gasteiger partial charge in [0.15, 0.2) is 0 Å². The minimum absolute atomic E-state index is 0.0838. The third-order valence-corrected chi connectivity index (χ3v) is 3.88. The van der Waals surface area contributed by atoms with Gasteiger partial charge in [0.2, 0.25) is 0 Å². The van der Waals surface area contributed by atoms with Gasteiger partial charge in [-0.2, -0.15) is 0 Å². The summed E-state index contributed by atoms with van der Waals surface area (Å²) in [6.45, 7) is 6.74. The van der Waals surface area contributed by atoms with E-state index in [9.17, 15) is 19.2 Å². The maximum atomic E-state index is 12.1. The Morgan fingerprint density at radius 2 is 1.62 bits per heavy atom. The monoisotopic (exact) mass is 340 g/mol. The Kier molecular flexibility index (Phi) is 5.58. The van der Waals surface area contributed by atoms with E-state index in [1.807, 2.05) is 25.7 Å². The van der Waals surface area contributed by atoms with E-state index in [0.29, 0.717) is 31.0 Å². The molecular formula is C16H24N2O6. The maximum absolute atomic E-state index is 12.1. The van der Waals surface area contributed by atoms with Gasteiger partial charge in [-0.25, -0.2) is 4.79 Å². The predicted octanol–water partition coefficient (Wildman–Crippen LogP) is 0.647. The number of imide groups is 1. The maximum Gasteiger partial charge on any atom is 0.336 e. The molecule has 24 heavy (non-hydrogen) atoms. The zero-order chi connectivity index (χ0) is 17.9. The largest absolute Gasteiger partial charge is 0.459 e. The van der Waals surface area contributed by atoms with Crippen molar-refractivity contribution in [3.8, 4) is 0 Å². The number of hydrogen-bond donors (Lipinski definition) is 0. The molecule has 0 aromatic carbocycles. The Labute approximate surface area is 141 Å². The first-order valence-electron chi connectivity index (χ1n) is 8.17. The van der Waals surface area contributed by atoms with Gasteiger partial charge in [-0.15, -0.1) is 5.06 Å². The smallest absolute Gasteiger partial charge is 0.336 e. The second kappa shape index (κ2) is 7.29. The molecule has 0 bridgehead atoms. The SMILES string of the molecule is CC(C)(C)OC(=O)CN1CCC(C(=O)ON2C(=O)CCC2=O)CC1. The molecule has 2 amide bonds. The van der Waals surface area contributed by atoms with Gasteiger partial charge < -0.3 is 9.57 Å². The standard InChI is InChI=1S/C16H24N2O6/c1-16(2,3)23-14(21)10-17-8-6-11(7-9-17)15(22)24-18-12(19)4-5-13(18)20/h11H,4-10H2,1-3H3. The van der Waals surface area contributed by atoms with Crippen molar-refractivity contribution in [2.24, 2.45) is 5.92 Å². The van der Waals surface area contributed by atoms with Gasteiger partial charge in [-0.3, -0.25) is 19.3 Å². The Balaban J connectivity index is 1.76. The van der Waals surface area contributed by atoms with E-state index in [1.165, 1.54) is 0 Å². The van der Waals surface area contributed by atoms with E-state index in [4.69, 9.17) is 9.57 Å². The van der Waals surface area contributed by atoms with Crippen molar-refractivity contribution in [1.29, 1.82) is 0 Å². The topological polar surface area (TPSA) is 93.2 Å². The molecule has 0 aromatic rings. The van der Waals surface area contributed by atoms with Crippen molar-refractivity contribution in [2.75, 3.05) is 19.6 Å². The molecule has 0 unspecified atom stereocenters. The van der Waals surface area contributed by atoms with Gasteiger partial charge in [0.05, 0.1) is 12.5 Å². The molecule has 2 saturated heterocycles. The highest BCUT2D eigenvalue weighted by molar-refractivity contribution is 6.01. The molecule has 0 spiro atoms. The molecule has 8 nitrogen and oxygen atoms in total. The lowest BCUT2D eigenvalue weighted by Gasteiger charge is -2.31. The lowest BCUT2D eigenvalue weighted by Crippen LogP contribution is -2.43. The Morgan fingerprint density at radius 3 is 2.12 bits per heavy atom. The first-order valence-corrected chi connectivity index (χ1v) is 8.17. The van der Waals surface area contributed by atoms with Crippen LogP contribution in [-0.2, 0) is 28.8 Å². The number of carbonyl (C=O) groups excluding carboxylic acids is 4. The van der Waals surface area contributed by atoms with Crippen LogP contribution in [0.3, 0.4) is 0 Å². The average molecular weight is 340 g/mol. The van der Waals surface area contributed by atoms with Crippen LogP contribution >= 0.6 is 0 Å². The van der Waals surface area contributed by atoms with Crippen LogP contribution in [0.4, 0.5) is 0 Å². The molecule has 0 aromatic heterocycles. The number of likely N-dealkylation sites (tertiary alicyclic amines) is 1. The molecule has 0 saturated carbocycles. The fraction of sp³-hybridized carbons (Fsp3) is 0.750. The predicted molar refractivity (Wildman–Crippen MR) is 82.2 cm³/mol. The lowest BCUT2D eigenvalue weighted by atomic mass is 9.97. The first kappa shape index (κ1) is 18.4. The Bertz CT molecular complexity index is 515. The van der Waals surface area contributed by atoms with Crippen LogP contribution in [0.15, 0.2) is 0 Å². The van der Waals surface area contributed by atoms with E-state index in [2.05, 4.69) is 0 Å². The van der Waals surface area contributed by atoms with E-state index < -0.39 is 23.4 Å². The molecule has 2 heterocycles. The fourth-order valence-electron chi connectivity index (χ4n) is 2.71. The number of esters is 1. The second-order valence-electron chi connectivity index (χ2n) is 7.13. The number of nitrogens with zero attached hydrogens (tertiary/aromatic N) is 2. The highest BCUT2D eigenvalue weighted by Gasteiger charge is 2.36. The van der Waals surface area contributed by atoms with E-state index >= 15 is 0 Å². The van der Waals surface area contributed by atoms with Gasteiger partial charge in [-0.1, -0.05) is 0 Å². The molecule has 2 aliphatic rings. The van der Waals surface area contributed by atoms with Crippen LogP contribution in [-0.4, -0.2) is 59.0 Å². The summed E-state index contributed by atoms with van der Waals surface area (Å²) >= 11 is 0. The van der Waals surface area contributed by atoms with Gasteiger partial charge in [0.25, 0.3) is 11.8 Å². The van der Waals surface area contributed by atoms with Gasteiger partial charge in [-0.05, 0) is 46.7 Å². The molecule has 0 radical (unpaired) electrons. The zero-order valence-corrected chi connectivity index (χ0v) is 14.4. The quantitative estimate of drug-likeness (QED) is 0.548. The van der Waals surface area contributed by atoms with Gasteiger partial charge in [0, 0.05) is 12.8 Å². The van der Waals surface area contributed by atoms with Crippen LogP contribution in [0.25, 0.3) is 0 Å². The molecule has 8 heteroatoms. The summed E-state index contributed by atoms with van der Waals surface area (Å²) in [5.74, 6) is -2.18. The highest BCUT2D eigenvalue weighted by Crippen LogP contribution is 2.21. The number of ether oxygens (including phenoxy) is 1. The summed E-state index contributed by atoms with van der Waals surface area (Å²) in [5, 5.41) is 0.579. The molecule has 2 fully saturated rings. The molecule has 2 rings (SSSR count). The molecule has 2 aliphatic heterocycles. The summed E-state index contributed by atoms with van der Waals surface area (Å²) in [7, 11) is 0. The number of amides is 2. The van der Waals surface area contributed by atoms with Crippen LogP contribution in [0, 0.1) is 5.92 Å². The number of rotatable bonds is 4. The lowest BCUT2D eigenvalue weighted by molar-refractivity contribution is -0.201. The summed E-state index contributed by atoms with van der Waals surface area (Å²) < 4.78 is 5.27. The van der Waals surface area contributed by atoms with E-state index in [1.54, 1.807) is 0 Å². The minimum Gasteiger partial charge on any atom is -0.459 e. The molecule has 134 valence electrons. The molecule has 0 aliphatic carbocycles. The number of carbonyl (C=O) groups is 4. The number of piperidine rings is 1. The minimum atomic E-state index is -0.560. The Morgan fingerprint density at radius 1 is 1.08 bits per heavy atom. The molecular weight excluding hydrogens is 316 g/mol. The van der Waals surface area contributed by atoms with Crippen molar-refractivity contribution in [2.45, 2.75) is 52.1 Å². The van der Waals surface area contributed by atoms with Crippen LogP contribution in [0.2, 0.25) is 0 Å². The number of hydrogen-bond acceptors (Lipinski definition) is 7. The third kappa shape index (κ3) is 5.02. The summed E-state index contributed by atoms with van der Waals surface area (Å²) in [6.07, 6.45) is 1.19. The fourth-order valence-corrected chi connectivity index (χ4v) is 2.71. The van der Waals surface area contributed by atoms with Crippen molar-refractivity contribution in [3.05, 3.63) is 0 Å². The first-order chi connectivity index (χ1) is 11.2. The number of hydroxylamine groups is 2.